The Bertz CT molecular complexity index is 1140. The Morgan fingerprint density at radius 1 is 0.903 bits per heavy atom. The highest BCUT2D eigenvalue weighted by molar-refractivity contribution is 5.97. The monoisotopic (exact) mass is 414 g/mol. The Kier molecular flexibility index (Phi) is 6.03. The minimum absolute atomic E-state index is 0.0305. The molecule has 1 aliphatic heterocycles. The molecule has 3 aromatic carbocycles. The summed E-state index contributed by atoms with van der Waals surface area (Å²) in [6.45, 7) is 4.02. The first-order valence-electron chi connectivity index (χ1n) is 10.5. The number of carbonyl (C=O) groups is 2. The zero-order valence-corrected chi connectivity index (χ0v) is 17.9. The SMILES string of the molecule is COc1cc(C(=O)N2CCN(C(=O)/C=C/c3cccc4ccccc34)CC2)ccc1C. The van der Waals surface area contributed by atoms with Crippen LogP contribution in [0.15, 0.2) is 66.7 Å². The van der Waals surface area contributed by atoms with Crippen molar-refractivity contribution in [3.05, 3.63) is 83.4 Å². The number of ether oxygens (including phenoxy) is 1. The summed E-state index contributed by atoms with van der Waals surface area (Å²) >= 11 is 0. The molecule has 0 aliphatic carbocycles. The average Bonchev–Trinajstić information content (AvgIpc) is 2.82. The number of benzene rings is 3. The topological polar surface area (TPSA) is 49.9 Å². The van der Waals surface area contributed by atoms with E-state index in [4.69, 9.17) is 4.74 Å². The van der Waals surface area contributed by atoms with Crippen LogP contribution in [-0.2, 0) is 4.79 Å². The largest absolute Gasteiger partial charge is 0.496 e. The third kappa shape index (κ3) is 4.45. The Hall–Kier alpha value is -3.60. The van der Waals surface area contributed by atoms with Crippen LogP contribution in [0.1, 0.15) is 21.5 Å². The van der Waals surface area contributed by atoms with E-state index in [0.29, 0.717) is 37.5 Å². The summed E-state index contributed by atoms with van der Waals surface area (Å²) < 4.78 is 5.33. The Labute approximate surface area is 182 Å². The van der Waals surface area contributed by atoms with Crippen LogP contribution < -0.4 is 4.74 Å². The molecule has 3 aromatic rings. The minimum Gasteiger partial charge on any atom is -0.496 e. The van der Waals surface area contributed by atoms with E-state index in [1.165, 1.54) is 0 Å². The van der Waals surface area contributed by atoms with Crippen LogP contribution in [-0.4, -0.2) is 54.9 Å². The van der Waals surface area contributed by atoms with Crippen LogP contribution in [0.2, 0.25) is 0 Å². The molecule has 4 rings (SSSR count). The number of fused-ring (bicyclic) bond motifs is 1. The number of amides is 2. The van der Waals surface area contributed by atoms with Crippen molar-refractivity contribution in [1.82, 2.24) is 9.80 Å². The number of nitrogens with zero attached hydrogens (tertiary/aromatic N) is 2. The van der Waals surface area contributed by atoms with E-state index >= 15 is 0 Å². The van der Waals surface area contributed by atoms with Crippen molar-refractivity contribution in [3.63, 3.8) is 0 Å². The lowest BCUT2D eigenvalue weighted by Crippen LogP contribution is -2.50. The maximum absolute atomic E-state index is 12.8. The first-order valence-corrected chi connectivity index (χ1v) is 10.5. The highest BCUT2D eigenvalue weighted by Crippen LogP contribution is 2.21. The van der Waals surface area contributed by atoms with Crippen molar-refractivity contribution in [1.29, 1.82) is 0 Å². The van der Waals surface area contributed by atoms with Crippen LogP contribution >= 0.6 is 0 Å². The molecule has 5 heteroatoms. The number of aryl methyl sites for hydroxylation is 1. The molecule has 158 valence electrons. The van der Waals surface area contributed by atoms with E-state index in [0.717, 1.165) is 21.9 Å². The second kappa shape index (κ2) is 9.04. The predicted octanol–water partition coefficient (Wildman–Crippen LogP) is 4.15. The minimum atomic E-state index is -0.0308. The Morgan fingerprint density at radius 2 is 1.61 bits per heavy atom. The fourth-order valence-corrected chi connectivity index (χ4v) is 3.93. The molecular weight excluding hydrogens is 388 g/mol. The van der Waals surface area contributed by atoms with Crippen LogP contribution in [0, 0.1) is 6.92 Å². The van der Waals surface area contributed by atoms with Gasteiger partial charge < -0.3 is 14.5 Å². The molecule has 2 amide bonds. The quantitative estimate of drug-likeness (QED) is 0.603. The zero-order chi connectivity index (χ0) is 21.8. The van der Waals surface area contributed by atoms with Gasteiger partial charge in [-0.05, 0) is 47.0 Å². The number of hydrogen-bond donors (Lipinski definition) is 0. The Morgan fingerprint density at radius 3 is 2.39 bits per heavy atom. The molecule has 0 bridgehead atoms. The molecule has 0 saturated carbocycles. The van der Waals surface area contributed by atoms with Crippen LogP contribution in [0.25, 0.3) is 16.8 Å². The van der Waals surface area contributed by atoms with Gasteiger partial charge in [-0.25, -0.2) is 0 Å². The number of carbonyl (C=O) groups excluding carboxylic acids is 2. The van der Waals surface area contributed by atoms with E-state index in [-0.39, 0.29) is 11.8 Å². The fraction of sp³-hybridized carbons (Fsp3) is 0.231. The third-order valence-electron chi connectivity index (χ3n) is 5.76. The molecule has 1 fully saturated rings. The maximum Gasteiger partial charge on any atom is 0.254 e. The number of methoxy groups -OCH3 is 1. The smallest absolute Gasteiger partial charge is 0.254 e. The molecule has 0 N–H and O–H groups in total. The average molecular weight is 415 g/mol. The summed E-state index contributed by atoms with van der Waals surface area (Å²) in [5.74, 6) is 0.645. The van der Waals surface area contributed by atoms with Crippen molar-refractivity contribution in [2.24, 2.45) is 0 Å². The summed E-state index contributed by atoms with van der Waals surface area (Å²) in [6.07, 6.45) is 3.50. The molecule has 0 unspecified atom stereocenters. The van der Waals surface area contributed by atoms with Crippen LogP contribution in [0.4, 0.5) is 0 Å². The normalized spacial score (nSPS) is 14.3. The first kappa shape index (κ1) is 20.7. The van der Waals surface area contributed by atoms with Gasteiger partial charge in [-0.2, -0.15) is 0 Å². The van der Waals surface area contributed by atoms with Crippen molar-refractivity contribution in [2.75, 3.05) is 33.3 Å². The molecule has 0 atom stereocenters. The highest BCUT2D eigenvalue weighted by Gasteiger charge is 2.24. The number of piperazine rings is 1. The van der Waals surface area contributed by atoms with E-state index in [1.54, 1.807) is 29.1 Å². The van der Waals surface area contributed by atoms with Gasteiger partial charge in [-0.1, -0.05) is 48.5 Å². The van der Waals surface area contributed by atoms with Gasteiger partial charge in [0.1, 0.15) is 5.75 Å². The van der Waals surface area contributed by atoms with Crippen LogP contribution in [0.5, 0.6) is 5.75 Å². The third-order valence-corrected chi connectivity index (χ3v) is 5.76. The van der Waals surface area contributed by atoms with Gasteiger partial charge >= 0.3 is 0 Å². The number of hydrogen-bond acceptors (Lipinski definition) is 3. The number of rotatable bonds is 4. The highest BCUT2D eigenvalue weighted by atomic mass is 16.5. The second-order valence-electron chi connectivity index (χ2n) is 7.70. The van der Waals surface area contributed by atoms with E-state index in [9.17, 15) is 9.59 Å². The summed E-state index contributed by atoms with van der Waals surface area (Å²) in [7, 11) is 1.60. The van der Waals surface area contributed by atoms with E-state index in [1.807, 2.05) is 49.4 Å². The van der Waals surface area contributed by atoms with Gasteiger partial charge in [0.25, 0.3) is 5.91 Å². The molecule has 1 aliphatic rings. The lowest BCUT2D eigenvalue weighted by molar-refractivity contribution is -0.127. The first-order chi connectivity index (χ1) is 15.1. The molecule has 1 heterocycles. The van der Waals surface area contributed by atoms with Gasteiger partial charge in [0.05, 0.1) is 7.11 Å². The molecule has 0 radical (unpaired) electrons. The van der Waals surface area contributed by atoms with Crippen molar-refractivity contribution < 1.29 is 14.3 Å². The molecule has 0 spiro atoms. The zero-order valence-electron chi connectivity index (χ0n) is 17.9. The molecule has 31 heavy (non-hydrogen) atoms. The fourth-order valence-electron chi connectivity index (χ4n) is 3.93. The predicted molar refractivity (Wildman–Crippen MR) is 123 cm³/mol. The van der Waals surface area contributed by atoms with Crippen molar-refractivity contribution in [2.45, 2.75) is 6.92 Å². The molecule has 1 saturated heterocycles. The molecule has 5 nitrogen and oxygen atoms in total. The maximum atomic E-state index is 12.8. The molecule has 0 aromatic heterocycles. The summed E-state index contributed by atoms with van der Waals surface area (Å²) in [5, 5.41) is 2.27. The summed E-state index contributed by atoms with van der Waals surface area (Å²) in [6, 6.07) is 19.7. The van der Waals surface area contributed by atoms with Gasteiger partial charge in [0, 0.05) is 37.8 Å². The van der Waals surface area contributed by atoms with Gasteiger partial charge in [0.2, 0.25) is 5.91 Å². The standard InChI is InChI=1S/C26H26N2O3/c1-19-10-11-22(18-24(19)31-2)26(30)28-16-14-27(15-17-28)25(29)13-12-21-8-5-7-20-6-3-4-9-23(20)21/h3-13,18H,14-17H2,1-2H3/b13-12+. The van der Waals surface area contributed by atoms with Crippen molar-refractivity contribution in [3.8, 4) is 5.75 Å². The lowest BCUT2D eigenvalue weighted by Gasteiger charge is -2.34. The summed E-state index contributed by atoms with van der Waals surface area (Å²) in [4.78, 5) is 29.1. The lowest BCUT2D eigenvalue weighted by atomic mass is 10.0. The van der Waals surface area contributed by atoms with Crippen molar-refractivity contribution >= 4 is 28.7 Å². The van der Waals surface area contributed by atoms with Gasteiger partial charge in [-0.3, -0.25) is 9.59 Å². The van der Waals surface area contributed by atoms with Gasteiger partial charge in [-0.15, -0.1) is 0 Å². The van der Waals surface area contributed by atoms with E-state index < -0.39 is 0 Å². The summed E-state index contributed by atoms with van der Waals surface area (Å²) in [5.41, 5.74) is 2.62. The molecular formula is C26H26N2O3. The van der Waals surface area contributed by atoms with E-state index in [2.05, 4.69) is 18.2 Å². The Balaban J connectivity index is 1.38. The second-order valence-corrected chi connectivity index (χ2v) is 7.70. The van der Waals surface area contributed by atoms with Crippen LogP contribution in [0.3, 0.4) is 0 Å². The van der Waals surface area contributed by atoms with Gasteiger partial charge in [0.15, 0.2) is 0 Å².